The molecular weight excluding hydrogens is 204 g/mol. The Balaban J connectivity index is 2.44. The molecule has 0 saturated carbocycles. The molecule has 16 heavy (non-hydrogen) atoms. The minimum atomic E-state index is -0.0654. The van der Waals surface area contributed by atoms with Gasteiger partial charge in [-0.3, -0.25) is 9.89 Å². The maximum atomic E-state index is 12.0. The first kappa shape index (κ1) is 10.7. The number of H-pyrrole nitrogens is 1. The summed E-state index contributed by atoms with van der Waals surface area (Å²) in [6.07, 6.45) is 2.76. The summed E-state index contributed by atoms with van der Waals surface area (Å²) in [6.45, 7) is 4.99. The van der Waals surface area contributed by atoms with E-state index in [4.69, 9.17) is 5.73 Å². The maximum Gasteiger partial charge on any atom is 0.263 e. The molecule has 0 amide bonds. The third kappa shape index (κ3) is 1.80. The van der Waals surface area contributed by atoms with E-state index in [1.165, 1.54) is 0 Å². The van der Waals surface area contributed by atoms with Crippen molar-refractivity contribution in [3.8, 4) is 0 Å². The van der Waals surface area contributed by atoms with Gasteiger partial charge < -0.3 is 10.3 Å². The van der Waals surface area contributed by atoms with Gasteiger partial charge in [0.25, 0.3) is 5.56 Å². The lowest BCUT2D eigenvalue weighted by atomic mass is 10.1. The number of nitrogens with zero attached hydrogens (tertiary/aromatic N) is 2. The average Bonchev–Trinajstić information content (AvgIpc) is 2.60. The number of aryl methyl sites for hydroxylation is 1. The lowest BCUT2D eigenvalue weighted by Crippen LogP contribution is -2.20. The van der Waals surface area contributed by atoms with E-state index in [1.54, 1.807) is 10.8 Å². The second-order valence-corrected chi connectivity index (χ2v) is 4.39. The number of hydrogen-bond donors (Lipinski definition) is 2. The van der Waals surface area contributed by atoms with Crippen LogP contribution in [0.5, 0.6) is 0 Å². The molecule has 0 spiro atoms. The molecule has 5 heteroatoms. The fraction of sp³-hybridized carbons (Fsp3) is 0.455. The first-order valence-corrected chi connectivity index (χ1v) is 5.42. The quantitative estimate of drug-likeness (QED) is 0.819. The Morgan fingerprint density at radius 3 is 3.00 bits per heavy atom. The summed E-state index contributed by atoms with van der Waals surface area (Å²) in [4.78, 5) is 12.0. The van der Waals surface area contributed by atoms with Gasteiger partial charge in [0.1, 0.15) is 5.39 Å². The Morgan fingerprint density at radius 2 is 2.31 bits per heavy atom. The van der Waals surface area contributed by atoms with E-state index in [0.29, 0.717) is 16.8 Å². The van der Waals surface area contributed by atoms with Crippen LogP contribution < -0.4 is 11.3 Å². The molecule has 0 aliphatic heterocycles. The van der Waals surface area contributed by atoms with Crippen LogP contribution in [0.25, 0.3) is 10.9 Å². The third-order valence-electron chi connectivity index (χ3n) is 2.67. The Hall–Kier alpha value is -1.78. The summed E-state index contributed by atoms with van der Waals surface area (Å²) in [5.41, 5.74) is 6.28. The highest BCUT2D eigenvalue weighted by atomic mass is 16.1. The zero-order valence-electron chi connectivity index (χ0n) is 9.53. The van der Waals surface area contributed by atoms with Crippen LogP contribution in [-0.2, 0) is 6.54 Å². The summed E-state index contributed by atoms with van der Waals surface area (Å²) < 4.78 is 1.69. The summed E-state index contributed by atoms with van der Waals surface area (Å²) in [5.74, 6) is 0.850. The summed E-state index contributed by atoms with van der Waals surface area (Å²) in [7, 11) is 0. The van der Waals surface area contributed by atoms with Crippen LogP contribution in [0.2, 0.25) is 0 Å². The van der Waals surface area contributed by atoms with Gasteiger partial charge in [0.05, 0.1) is 5.52 Å². The molecule has 2 rings (SSSR count). The second-order valence-electron chi connectivity index (χ2n) is 4.39. The number of rotatable bonds is 3. The normalized spacial score (nSPS) is 11.4. The number of pyridine rings is 1. The van der Waals surface area contributed by atoms with Crippen molar-refractivity contribution in [3.05, 3.63) is 22.6 Å². The summed E-state index contributed by atoms with van der Waals surface area (Å²) in [5, 5.41) is 7.06. The van der Waals surface area contributed by atoms with E-state index in [2.05, 4.69) is 24.0 Å². The van der Waals surface area contributed by atoms with E-state index >= 15 is 0 Å². The first-order valence-electron chi connectivity index (χ1n) is 5.42. The first-order chi connectivity index (χ1) is 7.59. The lowest BCUT2D eigenvalue weighted by molar-refractivity contribution is 0.509. The van der Waals surface area contributed by atoms with Crippen LogP contribution >= 0.6 is 0 Å². The van der Waals surface area contributed by atoms with Crippen molar-refractivity contribution < 1.29 is 0 Å². The number of anilines is 1. The fourth-order valence-corrected chi connectivity index (χ4v) is 1.66. The molecule has 86 valence electrons. The highest BCUT2D eigenvalue weighted by Gasteiger charge is 2.08. The second kappa shape index (κ2) is 4.00. The third-order valence-corrected chi connectivity index (χ3v) is 2.67. The SMILES string of the molecule is CC(C)CCn1ccc2[nH]nc(N)c2c1=O. The number of nitrogens with two attached hydrogens (primary N) is 1. The molecule has 3 N–H and O–H groups in total. The van der Waals surface area contributed by atoms with Crippen molar-refractivity contribution in [2.24, 2.45) is 5.92 Å². The summed E-state index contributed by atoms with van der Waals surface area (Å²) >= 11 is 0. The number of nitrogens with one attached hydrogen (secondary N) is 1. The zero-order chi connectivity index (χ0) is 11.7. The van der Waals surface area contributed by atoms with Gasteiger partial charge in [-0.25, -0.2) is 0 Å². The molecule has 0 unspecified atom stereocenters. The van der Waals surface area contributed by atoms with Gasteiger partial charge in [-0.1, -0.05) is 13.8 Å². The highest BCUT2D eigenvalue weighted by Crippen LogP contribution is 2.12. The molecule has 0 atom stereocenters. The maximum absolute atomic E-state index is 12.0. The Labute approximate surface area is 93.3 Å². The smallest absolute Gasteiger partial charge is 0.263 e. The minimum absolute atomic E-state index is 0.0654. The van der Waals surface area contributed by atoms with Crippen molar-refractivity contribution in [2.45, 2.75) is 26.8 Å². The number of fused-ring (bicyclic) bond motifs is 1. The van der Waals surface area contributed by atoms with Gasteiger partial charge in [0.15, 0.2) is 5.82 Å². The van der Waals surface area contributed by atoms with Crippen LogP contribution in [0.15, 0.2) is 17.1 Å². The Morgan fingerprint density at radius 1 is 1.56 bits per heavy atom. The summed E-state index contributed by atoms with van der Waals surface area (Å²) in [6, 6.07) is 1.83. The molecule has 0 bridgehead atoms. The van der Waals surface area contributed by atoms with Crippen molar-refractivity contribution >= 4 is 16.7 Å². The average molecular weight is 220 g/mol. The molecule has 0 aliphatic carbocycles. The highest BCUT2D eigenvalue weighted by molar-refractivity contribution is 5.87. The van der Waals surface area contributed by atoms with Gasteiger partial charge in [0.2, 0.25) is 0 Å². The largest absolute Gasteiger partial charge is 0.382 e. The van der Waals surface area contributed by atoms with Gasteiger partial charge in [-0.2, -0.15) is 5.10 Å². The van der Waals surface area contributed by atoms with E-state index in [0.717, 1.165) is 13.0 Å². The van der Waals surface area contributed by atoms with E-state index < -0.39 is 0 Å². The molecule has 2 heterocycles. The van der Waals surface area contributed by atoms with Crippen molar-refractivity contribution in [1.29, 1.82) is 0 Å². The van der Waals surface area contributed by atoms with Crippen LogP contribution in [-0.4, -0.2) is 14.8 Å². The number of hydrogen-bond acceptors (Lipinski definition) is 3. The van der Waals surface area contributed by atoms with Crippen LogP contribution in [0.1, 0.15) is 20.3 Å². The van der Waals surface area contributed by atoms with Gasteiger partial charge in [0, 0.05) is 12.7 Å². The monoisotopic (exact) mass is 220 g/mol. The number of aromatic amines is 1. The van der Waals surface area contributed by atoms with E-state index in [-0.39, 0.29) is 11.4 Å². The molecule has 0 fully saturated rings. The Bertz CT molecular complexity index is 553. The topological polar surface area (TPSA) is 76.7 Å². The van der Waals surface area contributed by atoms with Gasteiger partial charge >= 0.3 is 0 Å². The minimum Gasteiger partial charge on any atom is -0.382 e. The van der Waals surface area contributed by atoms with Gasteiger partial charge in [-0.05, 0) is 18.4 Å². The lowest BCUT2D eigenvalue weighted by Gasteiger charge is -2.07. The Kier molecular flexibility index (Phi) is 2.68. The van der Waals surface area contributed by atoms with E-state index in [9.17, 15) is 4.79 Å². The van der Waals surface area contributed by atoms with Crippen molar-refractivity contribution in [2.75, 3.05) is 5.73 Å². The molecule has 0 radical (unpaired) electrons. The molecule has 0 aliphatic rings. The fourth-order valence-electron chi connectivity index (χ4n) is 1.66. The van der Waals surface area contributed by atoms with Crippen LogP contribution in [0, 0.1) is 5.92 Å². The van der Waals surface area contributed by atoms with E-state index in [1.807, 2.05) is 6.07 Å². The standard InChI is InChI=1S/C11H16N4O/c1-7(2)3-5-15-6-4-8-9(11(15)16)10(12)14-13-8/h4,6-7H,3,5H2,1-2H3,(H3,12,13,14). The number of nitrogen functional groups attached to an aromatic ring is 1. The van der Waals surface area contributed by atoms with Gasteiger partial charge in [-0.15, -0.1) is 0 Å². The molecule has 0 aromatic carbocycles. The number of aromatic nitrogens is 3. The van der Waals surface area contributed by atoms with Crippen LogP contribution in [0.4, 0.5) is 5.82 Å². The zero-order valence-corrected chi connectivity index (χ0v) is 9.53. The molecular formula is C11H16N4O. The van der Waals surface area contributed by atoms with Crippen molar-refractivity contribution in [3.63, 3.8) is 0 Å². The van der Waals surface area contributed by atoms with Crippen molar-refractivity contribution in [1.82, 2.24) is 14.8 Å². The predicted molar refractivity (Wildman–Crippen MR) is 64.2 cm³/mol. The molecule has 2 aromatic heterocycles. The molecule has 2 aromatic rings. The van der Waals surface area contributed by atoms with Crippen LogP contribution in [0.3, 0.4) is 0 Å². The molecule has 5 nitrogen and oxygen atoms in total. The predicted octanol–water partition coefficient (Wildman–Crippen LogP) is 1.35. The molecule has 0 saturated heterocycles.